The first-order chi connectivity index (χ1) is 9.76. The zero-order chi connectivity index (χ0) is 15.8. The highest BCUT2D eigenvalue weighted by Crippen LogP contribution is 2.38. The maximum atomic E-state index is 12.3. The summed E-state index contributed by atoms with van der Waals surface area (Å²) in [7, 11) is 1.50. The van der Waals surface area contributed by atoms with Gasteiger partial charge >= 0.3 is 5.69 Å². The molecule has 21 heavy (non-hydrogen) atoms. The number of nitrogens with two attached hydrogens (primary N) is 1. The molecule has 0 amide bonds. The fourth-order valence-electron chi connectivity index (χ4n) is 3.12. The monoisotopic (exact) mass is 294 g/mol. The highest BCUT2D eigenvalue weighted by molar-refractivity contribution is 5.61. The quantitative estimate of drug-likeness (QED) is 0.882. The second-order valence-electron chi connectivity index (χ2n) is 6.81. The molecule has 1 heterocycles. The van der Waals surface area contributed by atoms with Gasteiger partial charge in [-0.15, -0.1) is 0 Å². The molecular formula is C15H26N4O2. The number of anilines is 2. The summed E-state index contributed by atoms with van der Waals surface area (Å²) in [6, 6.07) is 0.238. The van der Waals surface area contributed by atoms with E-state index in [4.69, 9.17) is 5.73 Å². The van der Waals surface area contributed by atoms with Crippen LogP contribution < -0.4 is 22.3 Å². The highest BCUT2D eigenvalue weighted by Gasteiger charge is 2.32. The Kier molecular flexibility index (Phi) is 4.16. The molecule has 1 atom stereocenters. The third-order valence-electron chi connectivity index (χ3n) is 4.35. The molecule has 1 aliphatic rings. The first-order valence-electron chi connectivity index (χ1n) is 7.62. The zero-order valence-corrected chi connectivity index (χ0v) is 13.4. The molecule has 6 heteroatoms. The number of hydrogen-bond donors (Lipinski definition) is 2. The lowest BCUT2D eigenvalue weighted by Gasteiger charge is -2.21. The van der Waals surface area contributed by atoms with E-state index in [0.29, 0.717) is 12.2 Å². The Morgan fingerprint density at radius 3 is 2.57 bits per heavy atom. The Morgan fingerprint density at radius 2 is 2.05 bits per heavy atom. The molecule has 1 unspecified atom stereocenters. The van der Waals surface area contributed by atoms with E-state index >= 15 is 0 Å². The van der Waals surface area contributed by atoms with Crippen molar-refractivity contribution in [3.8, 4) is 0 Å². The number of nitrogens with one attached hydrogen (secondary N) is 1. The molecular weight excluding hydrogens is 268 g/mol. The summed E-state index contributed by atoms with van der Waals surface area (Å²) in [6.45, 7) is 6.95. The molecule has 3 N–H and O–H groups in total. The van der Waals surface area contributed by atoms with E-state index in [9.17, 15) is 9.59 Å². The van der Waals surface area contributed by atoms with E-state index in [2.05, 4.69) is 19.2 Å². The molecule has 2 rings (SSSR count). The van der Waals surface area contributed by atoms with Crippen LogP contribution in [0.5, 0.6) is 0 Å². The first kappa shape index (κ1) is 15.7. The van der Waals surface area contributed by atoms with Gasteiger partial charge in [0.15, 0.2) is 0 Å². The van der Waals surface area contributed by atoms with Crippen LogP contribution in [0, 0.1) is 5.41 Å². The van der Waals surface area contributed by atoms with Crippen molar-refractivity contribution in [1.82, 2.24) is 9.13 Å². The van der Waals surface area contributed by atoms with Crippen molar-refractivity contribution in [2.45, 2.75) is 59.0 Å². The number of hydrogen-bond acceptors (Lipinski definition) is 4. The van der Waals surface area contributed by atoms with Crippen molar-refractivity contribution in [3.63, 3.8) is 0 Å². The fourth-order valence-corrected chi connectivity index (χ4v) is 3.12. The van der Waals surface area contributed by atoms with Crippen molar-refractivity contribution >= 4 is 11.5 Å². The lowest BCUT2D eigenvalue weighted by atomic mass is 9.92. The summed E-state index contributed by atoms with van der Waals surface area (Å²) in [5, 5.41) is 3.28. The van der Waals surface area contributed by atoms with Crippen LogP contribution in [0.15, 0.2) is 9.59 Å². The van der Waals surface area contributed by atoms with Gasteiger partial charge in [-0.1, -0.05) is 20.8 Å². The summed E-state index contributed by atoms with van der Waals surface area (Å²) in [5.74, 6) is 0.259. The van der Waals surface area contributed by atoms with E-state index in [1.807, 2.05) is 6.92 Å². The summed E-state index contributed by atoms with van der Waals surface area (Å²) in [4.78, 5) is 24.4. The van der Waals surface area contributed by atoms with Crippen LogP contribution in [-0.2, 0) is 13.6 Å². The van der Waals surface area contributed by atoms with E-state index in [1.54, 1.807) is 0 Å². The normalized spacial score (nSPS) is 20.7. The standard InChI is InChI=1S/C15H26N4O2/c1-5-8-19-12(16)11(13(20)18(4)14(19)21)17-10-6-7-15(2,3)9-10/h10,17H,5-9,16H2,1-4H3. The van der Waals surface area contributed by atoms with Crippen LogP contribution in [0.2, 0.25) is 0 Å². The van der Waals surface area contributed by atoms with Crippen molar-refractivity contribution in [2.75, 3.05) is 11.1 Å². The van der Waals surface area contributed by atoms with Crippen LogP contribution in [-0.4, -0.2) is 15.2 Å². The minimum Gasteiger partial charge on any atom is -0.383 e. The van der Waals surface area contributed by atoms with E-state index in [1.165, 1.54) is 11.6 Å². The van der Waals surface area contributed by atoms with Gasteiger partial charge in [-0.25, -0.2) is 4.79 Å². The molecule has 1 aliphatic carbocycles. The molecule has 0 aliphatic heterocycles. The van der Waals surface area contributed by atoms with Gasteiger partial charge in [0, 0.05) is 19.6 Å². The van der Waals surface area contributed by atoms with Gasteiger partial charge < -0.3 is 11.1 Å². The Morgan fingerprint density at radius 1 is 1.38 bits per heavy atom. The van der Waals surface area contributed by atoms with Gasteiger partial charge in [-0.05, 0) is 31.1 Å². The third-order valence-corrected chi connectivity index (χ3v) is 4.35. The number of aromatic nitrogens is 2. The van der Waals surface area contributed by atoms with Crippen LogP contribution >= 0.6 is 0 Å². The molecule has 1 saturated carbocycles. The Hall–Kier alpha value is -1.72. The van der Waals surface area contributed by atoms with E-state index in [-0.39, 0.29) is 28.5 Å². The fraction of sp³-hybridized carbons (Fsp3) is 0.733. The summed E-state index contributed by atoms with van der Waals surface area (Å²) in [6.07, 6.45) is 3.93. The second kappa shape index (κ2) is 5.58. The van der Waals surface area contributed by atoms with Crippen LogP contribution in [0.3, 0.4) is 0 Å². The summed E-state index contributed by atoms with van der Waals surface area (Å²) >= 11 is 0. The van der Waals surface area contributed by atoms with Crippen molar-refractivity contribution in [2.24, 2.45) is 12.5 Å². The van der Waals surface area contributed by atoms with Gasteiger partial charge in [0.1, 0.15) is 11.5 Å². The van der Waals surface area contributed by atoms with Gasteiger partial charge in [0.25, 0.3) is 5.56 Å². The predicted molar refractivity (Wildman–Crippen MR) is 85.7 cm³/mol. The number of nitrogens with zero attached hydrogens (tertiary/aromatic N) is 2. The van der Waals surface area contributed by atoms with Gasteiger partial charge in [-0.2, -0.15) is 0 Å². The Bertz CT molecular complexity index is 642. The third kappa shape index (κ3) is 2.99. The van der Waals surface area contributed by atoms with Crippen LogP contribution in [0.25, 0.3) is 0 Å². The SMILES string of the molecule is CCCn1c(N)c(NC2CCC(C)(C)C2)c(=O)n(C)c1=O. The average Bonchev–Trinajstić information content (AvgIpc) is 2.77. The smallest absolute Gasteiger partial charge is 0.332 e. The molecule has 1 fully saturated rings. The van der Waals surface area contributed by atoms with Gasteiger partial charge in [0.05, 0.1) is 0 Å². The maximum absolute atomic E-state index is 12.3. The van der Waals surface area contributed by atoms with Crippen LogP contribution in [0.1, 0.15) is 46.5 Å². The van der Waals surface area contributed by atoms with Crippen LogP contribution in [0.4, 0.5) is 11.5 Å². The second-order valence-corrected chi connectivity index (χ2v) is 6.81. The van der Waals surface area contributed by atoms with E-state index in [0.717, 1.165) is 30.3 Å². The molecule has 1 aromatic rings. The minimum atomic E-state index is -0.350. The van der Waals surface area contributed by atoms with E-state index < -0.39 is 0 Å². The van der Waals surface area contributed by atoms with Crippen molar-refractivity contribution in [3.05, 3.63) is 20.8 Å². The lowest BCUT2D eigenvalue weighted by Crippen LogP contribution is -2.41. The van der Waals surface area contributed by atoms with Crippen molar-refractivity contribution < 1.29 is 0 Å². The minimum absolute atomic E-state index is 0.238. The maximum Gasteiger partial charge on any atom is 0.332 e. The molecule has 6 nitrogen and oxygen atoms in total. The average molecular weight is 294 g/mol. The number of nitrogen functional groups attached to an aromatic ring is 1. The molecule has 118 valence electrons. The van der Waals surface area contributed by atoms with Crippen molar-refractivity contribution in [1.29, 1.82) is 0 Å². The van der Waals surface area contributed by atoms with Gasteiger partial charge in [-0.3, -0.25) is 13.9 Å². The molecule has 0 bridgehead atoms. The molecule has 0 radical (unpaired) electrons. The largest absolute Gasteiger partial charge is 0.383 e. The zero-order valence-electron chi connectivity index (χ0n) is 13.4. The Labute approximate surface area is 125 Å². The number of rotatable bonds is 4. The molecule has 0 aromatic carbocycles. The highest BCUT2D eigenvalue weighted by atomic mass is 16.2. The lowest BCUT2D eigenvalue weighted by molar-refractivity contribution is 0.378. The van der Waals surface area contributed by atoms with Gasteiger partial charge in [0.2, 0.25) is 0 Å². The molecule has 0 saturated heterocycles. The summed E-state index contributed by atoms with van der Waals surface area (Å²) in [5.41, 5.74) is 6.04. The Balaban J connectivity index is 2.40. The molecule has 0 spiro atoms. The summed E-state index contributed by atoms with van der Waals surface area (Å²) < 4.78 is 2.61. The topological polar surface area (TPSA) is 82.0 Å². The first-order valence-corrected chi connectivity index (χ1v) is 7.62. The predicted octanol–water partition coefficient (Wildman–Crippen LogP) is 1.53. The molecule has 1 aromatic heterocycles.